The van der Waals surface area contributed by atoms with E-state index in [0.717, 1.165) is 90.1 Å². The number of rotatable bonds is 25. The second-order valence-electron chi connectivity index (χ2n) is 18.0. The van der Waals surface area contributed by atoms with Gasteiger partial charge in [0, 0.05) is 51.0 Å². The minimum absolute atomic E-state index is 0.0246. The average Bonchev–Trinajstić information content (AvgIpc) is 4.09. The Balaban J connectivity index is 0.000000385. The number of amides is 2. The van der Waals surface area contributed by atoms with Crippen molar-refractivity contribution in [2.24, 2.45) is 10.8 Å². The molecule has 2 aromatic heterocycles. The highest BCUT2D eigenvalue weighted by Gasteiger charge is 2.45. The molecule has 4 heterocycles. The zero-order valence-electron chi connectivity index (χ0n) is 41.5. The zero-order chi connectivity index (χ0) is 53.8. The third-order valence-electron chi connectivity index (χ3n) is 11.4. The van der Waals surface area contributed by atoms with Crippen molar-refractivity contribution in [1.82, 2.24) is 9.80 Å². The molecule has 2 fully saturated rings. The highest BCUT2D eigenvalue weighted by atomic mass is 31.2. The van der Waals surface area contributed by atoms with Crippen molar-refractivity contribution >= 4 is 49.2 Å². The molecule has 71 heavy (non-hydrogen) atoms. The third kappa shape index (κ3) is 20.2. The first-order valence-corrected chi connectivity index (χ1v) is 25.0. The van der Waals surface area contributed by atoms with E-state index in [4.69, 9.17) is 9.47 Å². The van der Waals surface area contributed by atoms with Crippen LogP contribution >= 0.6 is 7.60 Å². The summed E-state index contributed by atoms with van der Waals surface area (Å²) in [5, 5.41) is 0. The number of ketones is 2. The lowest BCUT2D eigenvalue weighted by Crippen LogP contribution is -2.36. The Labute approximate surface area is 410 Å². The highest BCUT2D eigenvalue weighted by molar-refractivity contribution is 7.54. The molecule has 0 aromatic carbocycles. The summed E-state index contributed by atoms with van der Waals surface area (Å²) in [5.41, 5.74) is -1.01. The molecule has 0 spiro atoms. The molecule has 0 N–H and O–H groups in total. The van der Waals surface area contributed by atoms with E-state index in [1.54, 1.807) is 29.7 Å². The van der Waals surface area contributed by atoms with E-state index in [2.05, 4.69) is 17.9 Å². The summed E-state index contributed by atoms with van der Waals surface area (Å²) in [5.74, 6) is -5.34. The fourth-order valence-electron chi connectivity index (χ4n) is 7.62. The first-order valence-electron chi connectivity index (χ1n) is 23.3. The number of aldehydes is 1. The Hall–Kier alpha value is -5.08. The Morgan fingerprint density at radius 2 is 1.08 bits per heavy atom. The number of esters is 2. The van der Waals surface area contributed by atoms with Gasteiger partial charge in [-0.3, -0.25) is 33.3 Å². The van der Waals surface area contributed by atoms with Gasteiger partial charge in [0.15, 0.2) is 11.5 Å². The van der Waals surface area contributed by atoms with E-state index in [1.807, 2.05) is 27.7 Å². The van der Waals surface area contributed by atoms with Crippen molar-refractivity contribution in [2.75, 3.05) is 46.7 Å². The van der Waals surface area contributed by atoms with Gasteiger partial charge < -0.3 is 41.9 Å². The second kappa shape index (κ2) is 28.2. The number of likely N-dealkylation sites (tertiary alicyclic amines) is 2. The van der Waals surface area contributed by atoms with Gasteiger partial charge in [-0.1, -0.05) is 59.5 Å². The minimum Gasteiger partial charge on any atom is -0.466 e. The van der Waals surface area contributed by atoms with Crippen molar-refractivity contribution < 1.29 is 91.8 Å². The van der Waals surface area contributed by atoms with E-state index in [9.17, 15) is 64.5 Å². The molecule has 2 amide bonds. The summed E-state index contributed by atoms with van der Waals surface area (Å²) in [4.78, 5) is 85.7. The molecule has 2 aromatic rings. The van der Waals surface area contributed by atoms with Crippen molar-refractivity contribution in [2.45, 2.75) is 143 Å². The normalized spacial score (nSPS) is 17.7. The molecule has 2 atom stereocenters. The monoisotopic (exact) mass is 1040 g/mol. The van der Waals surface area contributed by atoms with E-state index in [1.165, 1.54) is 6.08 Å². The van der Waals surface area contributed by atoms with Gasteiger partial charge in [0.25, 0.3) is 0 Å². The SMILES string of the molecule is CCOC(=O)CCCCCCN1C(=O)C(C)(C)C[C@@H]1/C=C/C(=O)c1ccc(C(F)(F)F)o1.CCOC(=O)CCCCCCN1C(=O)C(C)(C)C[C@@H]1C=O.COP(=O)(CC(=O)c1ccc(C(F)(F)F)o1)OC. The van der Waals surface area contributed by atoms with Crippen LogP contribution in [-0.4, -0.2) is 110 Å². The Morgan fingerprint density at radius 1 is 0.676 bits per heavy atom. The quantitative estimate of drug-likeness (QED) is 0.0173. The van der Waals surface area contributed by atoms with Gasteiger partial charge in [-0.2, -0.15) is 26.3 Å². The second-order valence-corrected chi connectivity index (χ2v) is 20.3. The maximum atomic E-state index is 12.7. The smallest absolute Gasteiger partial charge is 0.449 e. The van der Waals surface area contributed by atoms with Crippen LogP contribution in [0.3, 0.4) is 0 Å². The summed E-state index contributed by atoms with van der Waals surface area (Å²) in [6.07, 6.45) is 2.26. The Kier molecular flexibility index (Phi) is 24.7. The van der Waals surface area contributed by atoms with Crippen LogP contribution in [0.5, 0.6) is 0 Å². The molecule has 2 aliphatic rings. The van der Waals surface area contributed by atoms with Crippen LogP contribution in [0.1, 0.15) is 151 Å². The highest BCUT2D eigenvalue weighted by Crippen LogP contribution is 2.47. The molecule has 0 aliphatic carbocycles. The molecule has 400 valence electrons. The number of Topliss-reactive ketones (excluding diaryl/α,β-unsaturated/α-hetero) is 1. The predicted octanol–water partition coefficient (Wildman–Crippen LogP) is 10.5. The molecule has 23 heteroatoms. The van der Waals surface area contributed by atoms with Gasteiger partial charge in [0.1, 0.15) is 12.4 Å². The molecular weight excluding hydrogens is 973 g/mol. The molecule has 2 saturated heterocycles. The zero-order valence-corrected chi connectivity index (χ0v) is 42.4. The molecule has 0 saturated carbocycles. The van der Waals surface area contributed by atoms with Crippen LogP contribution in [0.2, 0.25) is 0 Å². The van der Waals surface area contributed by atoms with Crippen LogP contribution in [0, 0.1) is 10.8 Å². The van der Waals surface area contributed by atoms with Crippen molar-refractivity contribution in [3.8, 4) is 0 Å². The maximum Gasteiger partial charge on any atom is 0.449 e. The van der Waals surface area contributed by atoms with Crippen molar-refractivity contribution in [3.05, 3.63) is 59.5 Å². The number of hydrogen-bond acceptors (Lipinski definition) is 14. The Bertz CT molecular complexity index is 2150. The van der Waals surface area contributed by atoms with Crippen LogP contribution < -0.4 is 0 Å². The van der Waals surface area contributed by atoms with Gasteiger partial charge in [0.2, 0.25) is 34.9 Å². The largest absolute Gasteiger partial charge is 0.466 e. The number of ether oxygens (including phenoxy) is 2. The fraction of sp³-hybridized carbons (Fsp3) is 0.646. The number of unbranched alkanes of at least 4 members (excludes halogenated alkanes) is 6. The Morgan fingerprint density at radius 3 is 1.49 bits per heavy atom. The van der Waals surface area contributed by atoms with E-state index >= 15 is 0 Å². The van der Waals surface area contributed by atoms with E-state index in [-0.39, 0.29) is 35.8 Å². The molecule has 4 rings (SSSR count). The summed E-state index contributed by atoms with van der Waals surface area (Å²) >= 11 is 0. The lowest BCUT2D eigenvalue weighted by atomic mass is 9.90. The number of hydrogen-bond donors (Lipinski definition) is 0. The van der Waals surface area contributed by atoms with Gasteiger partial charge in [-0.25, -0.2) is 0 Å². The number of allylic oxidation sites excluding steroid dienone is 1. The van der Waals surface area contributed by atoms with Crippen LogP contribution in [-0.2, 0) is 59.4 Å². The standard InChI is InChI=1S/C23H30F3NO5.C16H27NO4.C9H10F3O5P/c1-4-31-20(29)9-7-5-6-8-14-27-16(15-22(2,3)21(27)30)10-11-17(28)18-12-13-19(32-18)23(24,25)26;1-4-21-14(19)9-7-5-6-8-10-17-13(12-18)11-16(2,3)15(17)20;1-15-18(14,16-2)5-6(13)7-3-4-8(17-7)9(10,11)12/h10-13,16H,4-9,14-15H2,1-3H3;12-13H,4-11H2,1-3H3;3-4H,5H2,1-2H3/b11-10+;;/t16-;13-;/m01./s1. The van der Waals surface area contributed by atoms with Crippen LogP contribution in [0.25, 0.3) is 0 Å². The lowest BCUT2D eigenvalue weighted by molar-refractivity contribution is -0.153. The van der Waals surface area contributed by atoms with E-state index < -0.39 is 71.5 Å². The molecule has 0 bridgehead atoms. The maximum absolute atomic E-state index is 12.7. The molecule has 0 unspecified atom stereocenters. The number of halogens is 6. The third-order valence-corrected chi connectivity index (χ3v) is 13.2. The number of furan rings is 2. The number of carbonyl (C=O) groups excluding carboxylic acids is 7. The summed E-state index contributed by atoms with van der Waals surface area (Å²) in [7, 11) is -1.48. The van der Waals surface area contributed by atoms with Gasteiger partial charge in [-0.05, 0) is 82.7 Å². The van der Waals surface area contributed by atoms with Crippen molar-refractivity contribution in [1.29, 1.82) is 0 Å². The van der Waals surface area contributed by atoms with Crippen LogP contribution in [0.4, 0.5) is 26.3 Å². The molecule has 2 aliphatic heterocycles. The number of nitrogens with zero attached hydrogens (tertiary/aromatic N) is 2. The van der Waals surface area contributed by atoms with Crippen LogP contribution in [0.15, 0.2) is 45.3 Å². The van der Waals surface area contributed by atoms with Gasteiger partial charge in [0.05, 0.1) is 25.3 Å². The van der Waals surface area contributed by atoms with E-state index in [0.29, 0.717) is 58.1 Å². The minimum atomic E-state index is -4.68. The first kappa shape index (κ1) is 62.0. The average molecular weight is 1040 g/mol. The molecule has 0 radical (unpaired) electrons. The lowest BCUT2D eigenvalue weighted by Gasteiger charge is -2.23. The first-order chi connectivity index (χ1) is 33.1. The van der Waals surface area contributed by atoms with Crippen molar-refractivity contribution in [3.63, 3.8) is 0 Å². The number of alkyl halides is 6. The fourth-order valence-corrected chi connectivity index (χ4v) is 8.54. The molecular formula is C48H67F6N2O14P. The summed E-state index contributed by atoms with van der Waals surface area (Å²) < 4.78 is 114. The summed E-state index contributed by atoms with van der Waals surface area (Å²) in [6, 6.07) is 2.61. The van der Waals surface area contributed by atoms with Gasteiger partial charge >= 0.3 is 31.9 Å². The molecule has 16 nitrogen and oxygen atoms in total. The topological polar surface area (TPSA) is 206 Å². The summed E-state index contributed by atoms with van der Waals surface area (Å²) in [6.45, 7) is 12.9. The van der Waals surface area contributed by atoms with Gasteiger partial charge in [-0.15, -0.1) is 0 Å². The predicted molar refractivity (Wildman–Crippen MR) is 245 cm³/mol. The number of carbonyl (C=O) groups is 7.